The summed E-state index contributed by atoms with van der Waals surface area (Å²) in [6.07, 6.45) is 0.196. The maximum absolute atomic E-state index is 13.3. The zero-order valence-electron chi connectivity index (χ0n) is 22.0. The number of nitrogens with zero attached hydrogens (tertiary/aromatic N) is 3. The van der Waals surface area contributed by atoms with Crippen LogP contribution in [0.25, 0.3) is 0 Å². The third kappa shape index (κ3) is 6.62. The van der Waals surface area contributed by atoms with Crippen LogP contribution in [0.1, 0.15) is 36.1 Å². The highest BCUT2D eigenvalue weighted by Gasteiger charge is 2.41. The Morgan fingerprint density at radius 1 is 1.19 bits per heavy atom. The highest BCUT2D eigenvalue weighted by Crippen LogP contribution is 2.45. The molecule has 0 aromatic heterocycles. The molecule has 10 heteroatoms. The lowest BCUT2D eigenvalue weighted by atomic mass is 9.90. The topological polar surface area (TPSA) is 92.7 Å². The summed E-state index contributed by atoms with van der Waals surface area (Å²) in [6, 6.07) is 5.76. The molecule has 0 unspecified atom stereocenters. The molecule has 0 spiro atoms. The number of amides is 1. The Hall–Kier alpha value is -2.66. The van der Waals surface area contributed by atoms with Crippen LogP contribution in [0.2, 0.25) is 0 Å². The first-order valence-corrected chi connectivity index (χ1v) is 13.5. The van der Waals surface area contributed by atoms with Crippen LogP contribution in [0.4, 0.5) is 0 Å². The number of esters is 1. The molecule has 1 N–H and O–H groups in total. The first-order chi connectivity index (χ1) is 17.9. The van der Waals surface area contributed by atoms with Crippen molar-refractivity contribution in [3.63, 3.8) is 0 Å². The first kappa shape index (κ1) is 27.4. The maximum atomic E-state index is 13.3. The van der Waals surface area contributed by atoms with Gasteiger partial charge >= 0.3 is 5.97 Å². The normalized spacial score (nSPS) is 19.9. The summed E-state index contributed by atoms with van der Waals surface area (Å²) in [4.78, 5) is 35.3. The number of allylic oxidation sites excluding steroid dienone is 1. The van der Waals surface area contributed by atoms with Crippen LogP contribution in [0.15, 0.2) is 45.6 Å². The molecule has 0 aliphatic carbocycles. The Bertz CT molecular complexity index is 1110. The van der Waals surface area contributed by atoms with E-state index in [2.05, 4.69) is 22.3 Å². The molecule has 3 aliphatic rings. The van der Waals surface area contributed by atoms with E-state index < -0.39 is 12.0 Å². The molecule has 37 heavy (non-hydrogen) atoms. The number of carbonyl (C=O) groups is 2. The zero-order valence-corrected chi connectivity index (χ0v) is 22.9. The van der Waals surface area contributed by atoms with E-state index in [1.807, 2.05) is 37.1 Å². The fourth-order valence-corrected chi connectivity index (χ4v) is 5.72. The van der Waals surface area contributed by atoms with Crippen molar-refractivity contribution < 1.29 is 23.8 Å². The van der Waals surface area contributed by atoms with Gasteiger partial charge in [0.25, 0.3) is 0 Å². The molecule has 1 aromatic carbocycles. The highest BCUT2D eigenvalue weighted by atomic mass is 32.2. The number of hydrogen-bond donors (Lipinski definition) is 1. The van der Waals surface area contributed by atoms with E-state index in [1.165, 1.54) is 11.8 Å². The minimum Gasteiger partial charge on any atom is -0.460 e. The van der Waals surface area contributed by atoms with Gasteiger partial charge in [-0.1, -0.05) is 35.5 Å². The summed E-state index contributed by atoms with van der Waals surface area (Å²) >= 11 is 1.47. The van der Waals surface area contributed by atoms with Gasteiger partial charge in [-0.05, 0) is 37.3 Å². The molecule has 1 amide bonds. The number of carbonyl (C=O) groups excluding carboxylic acids is 2. The Morgan fingerprint density at radius 3 is 2.70 bits per heavy atom. The second-order valence-corrected chi connectivity index (χ2v) is 10.2. The van der Waals surface area contributed by atoms with Gasteiger partial charge in [0, 0.05) is 39.0 Å². The number of methoxy groups -OCH3 is 1. The smallest absolute Gasteiger partial charge is 0.338 e. The number of benzene rings is 1. The lowest BCUT2D eigenvalue weighted by Gasteiger charge is -2.37. The number of rotatable bonds is 10. The predicted octanol–water partition coefficient (Wildman–Crippen LogP) is 2.91. The molecule has 0 bridgehead atoms. The van der Waals surface area contributed by atoms with E-state index in [9.17, 15) is 9.59 Å². The Kier molecular flexibility index (Phi) is 9.42. The molecule has 1 atom stereocenters. The van der Waals surface area contributed by atoms with E-state index in [1.54, 1.807) is 7.11 Å². The average molecular weight is 529 g/mol. The molecule has 200 valence electrons. The van der Waals surface area contributed by atoms with Crippen LogP contribution in [0.5, 0.6) is 0 Å². The van der Waals surface area contributed by atoms with Crippen molar-refractivity contribution in [2.75, 3.05) is 59.7 Å². The van der Waals surface area contributed by atoms with Crippen LogP contribution in [0.3, 0.4) is 0 Å². The number of amidine groups is 1. The molecule has 1 saturated heterocycles. The number of aryl methyl sites for hydroxylation is 2. The third-order valence-corrected chi connectivity index (χ3v) is 7.55. The molecule has 0 saturated carbocycles. The van der Waals surface area contributed by atoms with Crippen LogP contribution >= 0.6 is 11.8 Å². The molecule has 3 heterocycles. The quantitative estimate of drug-likeness (QED) is 0.366. The van der Waals surface area contributed by atoms with Gasteiger partial charge in [0.2, 0.25) is 5.91 Å². The lowest BCUT2D eigenvalue weighted by molar-refractivity contribution is -0.141. The fraction of sp³-hybridized carbons (Fsp3) is 0.519. The number of morpholine rings is 1. The SMILES string of the molecule is COCCOC(=O)C1=C(C)N=C2SC=C(CC(=O)NCCN3CCOCC3)N2[C@H]1c1ccc(C)cc1C. The van der Waals surface area contributed by atoms with Gasteiger partial charge < -0.3 is 24.4 Å². The number of fused-ring (bicyclic) bond motifs is 1. The maximum Gasteiger partial charge on any atom is 0.338 e. The van der Waals surface area contributed by atoms with Crippen molar-refractivity contribution in [2.45, 2.75) is 33.2 Å². The Balaban J connectivity index is 1.54. The molecular weight excluding hydrogens is 492 g/mol. The average Bonchev–Trinajstić information content (AvgIpc) is 3.26. The predicted molar refractivity (Wildman–Crippen MR) is 144 cm³/mol. The molecule has 1 aromatic rings. The number of ether oxygens (including phenoxy) is 3. The third-order valence-electron chi connectivity index (χ3n) is 6.66. The summed E-state index contributed by atoms with van der Waals surface area (Å²) in [6.45, 7) is 11.0. The number of thioether (sulfide) groups is 1. The van der Waals surface area contributed by atoms with Gasteiger partial charge in [0.15, 0.2) is 5.17 Å². The molecule has 0 radical (unpaired) electrons. The molecular formula is C27H36N4O5S. The van der Waals surface area contributed by atoms with Crippen molar-refractivity contribution in [3.05, 3.63) is 57.3 Å². The van der Waals surface area contributed by atoms with E-state index in [4.69, 9.17) is 19.2 Å². The summed E-state index contributed by atoms with van der Waals surface area (Å²) in [5, 5.41) is 5.77. The first-order valence-electron chi connectivity index (χ1n) is 12.6. The standard InChI is InChI=1S/C27H36N4O5S/c1-18-5-6-22(19(2)15-18)25-24(26(33)36-14-13-34-4)20(3)29-27-31(25)21(17-37-27)16-23(32)28-7-8-30-9-11-35-12-10-30/h5-6,15,17,25H,7-14,16H2,1-4H3,(H,28,32)/t25-/m0/s1. The number of nitrogens with one attached hydrogen (secondary N) is 1. The molecule has 4 rings (SSSR count). The van der Waals surface area contributed by atoms with Crippen LogP contribution in [0, 0.1) is 13.8 Å². The summed E-state index contributed by atoms with van der Waals surface area (Å²) in [5.74, 6) is -0.482. The van der Waals surface area contributed by atoms with Crippen molar-refractivity contribution in [1.29, 1.82) is 0 Å². The minimum absolute atomic E-state index is 0.0590. The highest BCUT2D eigenvalue weighted by molar-refractivity contribution is 8.16. The largest absolute Gasteiger partial charge is 0.460 e. The van der Waals surface area contributed by atoms with E-state index >= 15 is 0 Å². The van der Waals surface area contributed by atoms with E-state index in [-0.39, 0.29) is 18.9 Å². The van der Waals surface area contributed by atoms with Gasteiger partial charge in [-0.25, -0.2) is 9.79 Å². The van der Waals surface area contributed by atoms with Crippen LogP contribution in [-0.2, 0) is 23.8 Å². The summed E-state index contributed by atoms with van der Waals surface area (Å²) in [5.41, 5.74) is 5.10. The molecule has 3 aliphatic heterocycles. The van der Waals surface area contributed by atoms with Gasteiger partial charge in [0.1, 0.15) is 6.61 Å². The monoisotopic (exact) mass is 528 g/mol. The van der Waals surface area contributed by atoms with Crippen molar-refractivity contribution in [1.82, 2.24) is 15.1 Å². The zero-order chi connectivity index (χ0) is 26.4. The van der Waals surface area contributed by atoms with Crippen LogP contribution < -0.4 is 5.32 Å². The van der Waals surface area contributed by atoms with Gasteiger partial charge in [-0.3, -0.25) is 9.69 Å². The van der Waals surface area contributed by atoms with Crippen molar-refractivity contribution >= 4 is 28.8 Å². The molecule has 9 nitrogen and oxygen atoms in total. The van der Waals surface area contributed by atoms with E-state index in [0.717, 1.165) is 60.4 Å². The minimum atomic E-state index is -0.439. The number of hydrogen-bond acceptors (Lipinski definition) is 9. The van der Waals surface area contributed by atoms with Crippen LogP contribution in [-0.4, -0.2) is 86.6 Å². The van der Waals surface area contributed by atoms with Gasteiger partial charge in [0.05, 0.1) is 43.6 Å². The Labute approximate surface area is 222 Å². The van der Waals surface area contributed by atoms with E-state index in [0.29, 0.717) is 24.4 Å². The van der Waals surface area contributed by atoms with Gasteiger partial charge in [-0.2, -0.15) is 0 Å². The number of aliphatic imine (C=N–C) groups is 1. The second-order valence-electron chi connectivity index (χ2n) is 9.36. The lowest BCUT2D eigenvalue weighted by Crippen LogP contribution is -2.42. The van der Waals surface area contributed by atoms with Crippen molar-refractivity contribution in [3.8, 4) is 0 Å². The van der Waals surface area contributed by atoms with Crippen molar-refractivity contribution in [2.24, 2.45) is 4.99 Å². The van der Waals surface area contributed by atoms with Gasteiger partial charge in [-0.15, -0.1) is 0 Å². The molecule has 1 fully saturated rings. The Morgan fingerprint density at radius 2 is 1.97 bits per heavy atom. The fourth-order valence-electron chi connectivity index (χ4n) is 4.76. The second kappa shape index (κ2) is 12.7. The summed E-state index contributed by atoms with van der Waals surface area (Å²) in [7, 11) is 1.57. The summed E-state index contributed by atoms with van der Waals surface area (Å²) < 4.78 is 16.0.